The van der Waals surface area contributed by atoms with Crippen LogP contribution in [0.3, 0.4) is 0 Å². The summed E-state index contributed by atoms with van der Waals surface area (Å²) in [7, 11) is 1.88. The summed E-state index contributed by atoms with van der Waals surface area (Å²) in [5.41, 5.74) is 4.04. The van der Waals surface area contributed by atoms with Crippen molar-refractivity contribution in [2.45, 2.75) is 38.4 Å². The average Bonchev–Trinajstić information content (AvgIpc) is 2.50. The third-order valence-corrected chi connectivity index (χ3v) is 4.50. The zero-order valence-corrected chi connectivity index (χ0v) is 14.7. The molecule has 0 aromatic heterocycles. The van der Waals surface area contributed by atoms with E-state index in [1.807, 2.05) is 37.9 Å². The molecular weight excluding hydrogens is 274 g/mol. The Labute approximate surface area is 134 Å². The minimum atomic E-state index is 0.399. The molecule has 0 saturated carbocycles. The van der Waals surface area contributed by atoms with Gasteiger partial charge in [0.25, 0.3) is 0 Å². The first-order chi connectivity index (χ1) is 10.1. The molecule has 1 rings (SSSR count). The van der Waals surface area contributed by atoms with Crippen molar-refractivity contribution in [1.29, 1.82) is 0 Å². The Morgan fingerprint density at radius 2 is 1.95 bits per heavy atom. The fourth-order valence-corrected chi connectivity index (χ4v) is 3.15. The molecule has 0 heterocycles. The van der Waals surface area contributed by atoms with Gasteiger partial charge in [0.2, 0.25) is 0 Å². The van der Waals surface area contributed by atoms with Crippen LogP contribution in [-0.4, -0.2) is 24.3 Å². The van der Waals surface area contributed by atoms with Crippen LogP contribution >= 0.6 is 11.8 Å². The van der Waals surface area contributed by atoms with Crippen LogP contribution in [0.1, 0.15) is 37.8 Å². The minimum Gasteiger partial charge on any atom is -0.292 e. The van der Waals surface area contributed by atoms with Crippen LogP contribution in [-0.2, 0) is 6.42 Å². The van der Waals surface area contributed by atoms with Gasteiger partial charge in [-0.15, -0.1) is 0 Å². The summed E-state index contributed by atoms with van der Waals surface area (Å²) in [6, 6.07) is 8.77. The maximum atomic E-state index is 4.48. The first-order valence-electron chi connectivity index (χ1n) is 7.50. The number of aliphatic imine (C=N–C) groups is 1. The van der Waals surface area contributed by atoms with Crippen LogP contribution < -0.4 is 0 Å². The maximum Gasteiger partial charge on any atom is 0.0503 e. The summed E-state index contributed by atoms with van der Waals surface area (Å²) in [5, 5.41) is 0.399. The van der Waals surface area contributed by atoms with Gasteiger partial charge in [0.05, 0.1) is 5.25 Å². The van der Waals surface area contributed by atoms with E-state index in [0.29, 0.717) is 11.2 Å². The molecule has 0 radical (unpaired) electrons. The highest BCUT2D eigenvalue weighted by atomic mass is 32.2. The molecule has 2 heteroatoms. The Morgan fingerprint density at radius 3 is 2.52 bits per heavy atom. The van der Waals surface area contributed by atoms with Gasteiger partial charge >= 0.3 is 0 Å². The topological polar surface area (TPSA) is 12.4 Å². The van der Waals surface area contributed by atoms with E-state index >= 15 is 0 Å². The highest BCUT2D eigenvalue weighted by molar-refractivity contribution is 8.00. The number of thioether (sulfide) groups is 1. The molecule has 1 nitrogen and oxygen atoms in total. The average molecular weight is 301 g/mol. The van der Waals surface area contributed by atoms with Gasteiger partial charge in [-0.2, -0.15) is 11.8 Å². The van der Waals surface area contributed by atoms with Crippen molar-refractivity contribution >= 4 is 17.5 Å². The zero-order valence-electron chi connectivity index (χ0n) is 13.8. The summed E-state index contributed by atoms with van der Waals surface area (Å²) in [5.74, 6) is 0.560. The Morgan fingerprint density at radius 1 is 1.24 bits per heavy atom. The number of rotatable bonds is 7. The Hall–Kier alpha value is -1.28. The number of hydrogen-bond acceptors (Lipinski definition) is 2. The van der Waals surface area contributed by atoms with Crippen LogP contribution in [0.25, 0.3) is 0 Å². The van der Waals surface area contributed by atoms with Gasteiger partial charge in [-0.1, -0.05) is 56.3 Å². The lowest BCUT2D eigenvalue weighted by atomic mass is 9.93. The Kier molecular flexibility index (Phi) is 8.14. The molecule has 1 aromatic carbocycles. The predicted octanol–water partition coefficient (Wildman–Crippen LogP) is 5.29. The monoisotopic (exact) mass is 301 g/mol. The molecule has 0 aliphatic carbocycles. The standard InChI is InChI=1S/C19H27NS/c1-6-7-8-13-18(20-4)19(21-5)14-16-11-9-10-12-17(16)15(2)3/h6-13,15,19H,14H2,1-5H3/b7-6-,13-8-,20-18-. The van der Waals surface area contributed by atoms with Gasteiger partial charge in [0.15, 0.2) is 0 Å². The summed E-state index contributed by atoms with van der Waals surface area (Å²) in [4.78, 5) is 4.48. The largest absolute Gasteiger partial charge is 0.292 e. The quantitative estimate of drug-likeness (QED) is 0.492. The van der Waals surface area contributed by atoms with Crippen molar-refractivity contribution in [3.8, 4) is 0 Å². The molecule has 114 valence electrons. The van der Waals surface area contributed by atoms with Gasteiger partial charge in [0.1, 0.15) is 0 Å². The lowest BCUT2D eigenvalue weighted by molar-refractivity contribution is 0.840. The van der Waals surface area contributed by atoms with E-state index in [0.717, 1.165) is 12.1 Å². The van der Waals surface area contributed by atoms with Gasteiger partial charge in [-0.05, 0) is 42.7 Å². The fourth-order valence-electron chi connectivity index (χ4n) is 2.38. The molecule has 1 aromatic rings. The highest BCUT2D eigenvalue weighted by Gasteiger charge is 2.15. The van der Waals surface area contributed by atoms with E-state index in [-0.39, 0.29) is 0 Å². The SMILES string of the molecule is C\C=C/C=C\C(=N\C)C(Cc1ccccc1C(C)C)SC. The zero-order chi connectivity index (χ0) is 15.7. The second kappa shape index (κ2) is 9.62. The molecule has 21 heavy (non-hydrogen) atoms. The highest BCUT2D eigenvalue weighted by Crippen LogP contribution is 2.24. The second-order valence-corrected chi connectivity index (χ2v) is 6.36. The van der Waals surface area contributed by atoms with E-state index in [1.165, 1.54) is 11.1 Å². The fraction of sp³-hybridized carbons (Fsp3) is 0.421. The molecule has 0 amide bonds. The molecule has 1 atom stereocenters. The van der Waals surface area contributed by atoms with Crippen LogP contribution in [0, 0.1) is 0 Å². The summed E-state index contributed by atoms with van der Waals surface area (Å²) in [6.07, 6.45) is 11.5. The summed E-state index contributed by atoms with van der Waals surface area (Å²) >= 11 is 1.87. The van der Waals surface area contributed by atoms with E-state index < -0.39 is 0 Å². The molecule has 1 unspecified atom stereocenters. The van der Waals surface area contributed by atoms with E-state index in [4.69, 9.17) is 0 Å². The Balaban J connectivity index is 2.96. The molecule has 0 aliphatic rings. The maximum absolute atomic E-state index is 4.48. The van der Waals surface area contributed by atoms with Crippen molar-refractivity contribution in [2.75, 3.05) is 13.3 Å². The third-order valence-electron chi connectivity index (χ3n) is 3.53. The molecule has 0 N–H and O–H groups in total. The molecule has 0 fully saturated rings. The van der Waals surface area contributed by atoms with Gasteiger partial charge < -0.3 is 0 Å². The second-order valence-electron chi connectivity index (χ2n) is 5.32. The molecule has 0 bridgehead atoms. The van der Waals surface area contributed by atoms with Crippen molar-refractivity contribution in [3.05, 3.63) is 59.7 Å². The van der Waals surface area contributed by atoms with Crippen LogP contribution in [0.4, 0.5) is 0 Å². The van der Waals surface area contributed by atoms with Gasteiger partial charge in [-0.25, -0.2) is 0 Å². The van der Waals surface area contributed by atoms with Crippen molar-refractivity contribution in [1.82, 2.24) is 0 Å². The van der Waals surface area contributed by atoms with E-state index in [1.54, 1.807) is 0 Å². The van der Waals surface area contributed by atoms with Crippen LogP contribution in [0.2, 0.25) is 0 Å². The van der Waals surface area contributed by atoms with Crippen molar-refractivity contribution in [2.24, 2.45) is 4.99 Å². The van der Waals surface area contributed by atoms with Gasteiger partial charge in [0, 0.05) is 12.8 Å². The first-order valence-corrected chi connectivity index (χ1v) is 8.79. The summed E-state index contributed by atoms with van der Waals surface area (Å²) < 4.78 is 0. The number of hydrogen-bond donors (Lipinski definition) is 0. The number of nitrogens with zero attached hydrogens (tertiary/aromatic N) is 1. The summed E-state index contributed by atoms with van der Waals surface area (Å²) in [6.45, 7) is 6.54. The lowest BCUT2D eigenvalue weighted by Gasteiger charge is -2.18. The van der Waals surface area contributed by atoms with E-state index in [9.17, 15) is 0 Å². The minimum absolute atomic E-state index is 0.399. The number of allylic oxidation sites excluding steroid dienone is 4. The van der Waals surface area contributed by atoms with Crippen LogP contribution in [0.15, 0.2) is 53.6 Å². The molecule has 0 aliphatic heterocycles. The van der Waals surface area contributed by atoms with E-state index in [2.05, 4.69) is 61.5 Å². The Bertz CT molecular complexity index is 512. The van der Waals surface area contributed by atoms with Crippen LogP contribution in [0.5, 0.6) is 0 Å². The number of benzene rings is 1. The normalized spacial score (nSPS) is 14.5. The van der Waals surface area contributed by atoms with Crippen molar-refractivity contribution < 1.29 is 0 Å². The third kappa shape index (κ3) is 5.55. The predicted molar refractivity (Wildman–Crippen MR) is 98.9 cm³/mol. The molecule has 0 spiro atoms. The lowest BCUT2D eigenvalue weighted by Crippen LogP contribution is -2.19. The van der Waals surface area contributed by atoms with Gasteiger partial charge in [-0.3, -0.25) is 4.99 Å². The molecule has 0 saturated heterocycles. The smallest absolute Gasteiger partial charge is 0.0503 e. The first kappa shape index (κ1) is 17.8. The molecular formula is C19H27NS. The van der Waals surface area contributed by atoms with Crippen molar-refractivity contribution in [3.63, 3.8) is 0 Å².